The summed E-state index contributed by atoms with van der Waals surface area (Å²) >= 11 is 0. The first kappa shape index (κ1) is 14.2. The standard InChI is InChI=1S/C13H18F2N2O2/c1-16-6-9-4-11(14)13(12(15)5-9)17-2-3-19-8-10(17)7-18/h4-5,10,16,18H,2-3,6-8H2,1H3. The zero-order valence-corrected chi connectivity index (χ0v) is 10.8. The Hall–Kier alpha value is -1.24. The van der Waals surface area contributed by atoms with Crippen molar-refractivity contribution in [2.45, 2.75) is 12.6 Å². The summed E-state index contributed by atoms with van der Waals surface area (Å²) < 4.78 is 33.4. The zero-order chi connectivity index (χ0) is 13.8. The lowest BCUT2D eigenvalue weighted by atomic mass is 10.1. The Bertz CT molecular complexity index is 420. The van der Waals surface area contributed by atoms with Crippen molar-refractivity contribution in [1.82, 2.24) is 5.32 Å². The second-order valence-corrected chi connectivity index (χ2v) is 4.54. The lowest BCUT2D eigenvalue weighted by molar-refractivity contribution is 0.0719. The van der Waals surface area contributed by atoms with Crippen LogP contribution in [0.1, 0.15) is 5.56 Å². The van der Waals surface area contributed by atoms with Crippen LogP contribution < -0.4 is 10.2 Å². The Morgan fingerprint density at radius 1 is 1.42 bits per heavy atom. The predicted octanol–water partition coefficient (Wildman–Crippen LogP) is 0.882. The molecule has 1 aromatic carbocycles. The zero-order valence-electron chi connectivity index (χ0n) is 10.8. The van der Waals surface area contributed by atoms with Gasteiger partial charge in [-0.1, -0.05) is 0 Å². The van der Waals surface area contributed by atoms with E-state index in [0.717, 1.165) is 0 Å². The van der Waals surface area contributed by atoms with Crippen molar-refractivity contribution in [1.29, 1.82) is 0 Å². The van der Waals surface area contributed by atoms with Gasteiger partial charge in [0.25, 0.3) is 0 Å². The molecule has 2 rings (SSSR count). The first-order valence-corrected chi connectivity index (χ1v) is 6.25. The Balaban J connectivity index is 2.32. The number of aliphatic hydroxyl groups excluding tert-OH is 1. The van der Waals surface area contributed by atoms with E-state index in [4.69, 9.17) is 4.74 Å². The molecule has 0 radical (unpaired) electrons. The number of nitrogens with zero attached hydrogens (tertiary/aromatic N) is 1. The van der Waals surface area contributed by atoms with E-state index in [1.165, 1.54) is 17.0 Å². The van der Waals surface area contributed by atoms with Crippen LogP contribution in [0.3, 0.4) is 0 Å². The molecule has 0 aliphatic carbocycles. The maximum atomic E-state index is 14.1. The number of hydrogen-bond acceptors (Lipinski definition) is 4. The number of anilines is 1. The largest absolute Gasteiger partial charge is 0.394 e. The third kappa shape index (κ3) is 3.02. The summed E-state index contributed by atoms with van der Waals surface area (Å²) in [7, 11) is 1.72. The fourth-order valence-corrected chi connectivity index (χ4v) is 2.30. The molecular formula is C13H18F2N2O2. The third-order valence-corrected chi connectivity index (χ3v) is 3.18. The van der Waals surface area contributed by atoms with Gasteiger partial charge in [-0.05, 0) is 24.7 Å². The Kier molecular flexibility index (Phi) is 4.68. The maximum absolute atomic E-state index is 14.1. The second kappa shape index (κ2) is 6.27. The molecule has 1 aromatic rings. The van der Waals surface area contributed by atoms with E-state index >= 15 is 0 Å². The first-order chi connectivity index (χ1) is 9.17. The second-order valence-electron chi connectivity index (χ2n) is 4.54. The van der Waals surface area contributed by atoms with Gasteiger partial charge in [0.05, 0.1) is 25.9 Å². The molecule has 1 unspecified atom stereocenters. The lowest BCUT2D eigenvalue weighted by Gasteiger charge is -2.36. The molecule has 6 heteroatoms. The van der Waals surface area contributed by atoms with Crippen molar-refractivity contribution < 1.29 is 18.6 Å². The van der Waals surface area contributed by atoms with Gasteiger partial charge >= 0.3 is 0 Å². The van der Waals surface area contributed by atoms with E-state index in [1.54, 1.807) is 7.05 Å². The topological polar surface area (TPSA) is 44.7 Å². The van der Waals surface area contributed by atoms with Gasteiger partial charge in [0, 0.05) is 13.1 Å². The number of morpholine rings is 1. The summed E-state index contributed by atoms with van der Waals surface area (Å²) in [5.74, 6) is -1.21. The van der Waals surface area contributed by atoms with E-state index < -0.39 is 17.7 Å². The average molecular weight is 272 g/mol. The van der Waals surface area contributed by atoms with Crippen LogP contribution in [0.15, 0.2) is 12.1 Å². The Morgan fingerprint density at radius 2 is 2.11 bits per heavy atom. The number of rotatable bonds is 4. The predicted molar refractivity (Wildman–Crippen MR) is 68.2 cm³/mol. The molecule has 1 heterocycles. The summed E-state index contributed by atoms with van der Waals surface area (Å²) in [6.07, 6.45) is 0. The van der Waals surface area contributed by atoms with Crippen molar-refractivity contribution in [2.24, 2.45) is 0 Å². The van der Waals surface area contributed by atoms with Gasteiger partial charge in [-0.15, -0.1) is 0 Å². The van der Waals surface area contributed by atoms with E-state index in [1.807, 2.05) is 0 Å². The van der Waals surface area contributed by atoms with Crippen LogP contribution in [-0.4, -0.2) is 44.6 Å². The van der Waals surface area contributed by atoms with Gasteiger partial charge in [0.15, 0.2) is 0 Å². The van der Waals surface area contributed by atoms with E-state index in [9.17, 15) is 13.9 Å². The molecule has 0 spiro atoms. The monoisotopic (exact) mass is 272 g/mol. The molecular weight excluding hydrogens is 254 g/mol. The summed E-state index contributed by atoms with van der Waals surface area (Å²) in [5, 5.41) is 12.1. The smallest absolute Gasteiger partial charge is 0.149 e. The quantitative estimate of drug-likeness (QED) is 0.854. The summed E-state index contributed by atoms with van der Waals surface area (Å²) in [5.41, 5.74) is 0.470. The molecule has 1 atom stereocenters. The minimum atomic E-state index is -0.606. The molecule has 1 saturated heterocycles. The molecule has 4 nitrogen and oxygen atoms in total. The van der Waals surface area contributed by atoms with Crippen LogP contribution in [-0.2, 0) is 11.3 Å². The molecule has 2 N–H and O–H groups in total. The van der Waals surface area contributed by atoms with Crippen LogP contribution in [0.25, 0.3) is 0 Å². The van der Waals surface area contributed by atoms with Crippen LogP contribution in [0.4, 0.5) is 14.5 Å². The number of benzene rings is 1. The minimum Gasteiger partial charge on any atom is -0.394 e. The highest BCUT2D eigenvalue weighted by molar-refractivity contribution is 5.52. The van der Waals surface area contributed by atoms with Gasteiger partial charge in [0.1, 0.15) is 17.3 Å². The average Bonchev–Trinajstić information content (AvgIpc) is 2.39. The maximum Gasteiger partial charge on any atom is 0.149 e. The van der Waals surface area contributed by atoms with Crippen LogP contribution >= 0.6 is 0 Å². The molecule has 1 aliphatic heterocycles. The normalized spacial score (nSPS) is 19.8. The van der Waals surface area contributed by atoms with Gasteiger partial charge in [-0.3, -0.25) is 0 Å². The van der Waals surface area contributed by atoms with Gasteiger partial charge < -0.3 is 20.1 Å². The highest BCUT2D eigenvalue weighted by Crippen LogP contribution is 2.28. The number of halogens is 2. The molecule has 0 amide bonds. The van der Waals surface area contributed by atoms with Gasteiger partial charge in [-0.25, -0.2) is 8.78 Å². The number of nitrogens with one attached hydrogen (secondary N) is 1. The van der Waals surface area contributed by atoms with Crippen molar-refractivity contribution in [3.8, 4) is 0 Å². The molecule has 0 bridgehead atoms. The van der Waals surface area contributed by atoms with Crippen LogP contribution in [0.2, 0.25) is 0 Å². The van der Waals surface area contributed by atoms with Crippen molar-refractivity contribution in [3.63, 3.8) is 0 Å². The summed E-state index contributed by atoms with van der Waals surface area (Å²) in [6, 6.07) is 2.23. The fourth-order valence-electron chi connectivity index (χ4n) is 2.30. The Labute approximate surface area is 111 Å². The first-order valence-electron chi connectivity index (χ1n) is 6.25. The highest BCUT2D eigenvalue weighted by Gasteiger charge is 2.27. The van der Waals surface area contributed by atoms with Crippen LogP contribution in [0.5, 0.6) is 0 Å². The molecule has 0 saturated carbocycles. The molecule has 0 aromatic heterocycles. The lowest BCUT2D eigenvalue weighted by Crippen LogP contribution is -2.48. The summed E-state index contributed by atoms with van der Waals surface area (Å²) in [6.45, 7) is 1.24. The van der Waals surface area contributed by atoms with Crippen molar-refractivity contribution >= 4 is 5.69 Å². The van der Waals surface area contributed by atoms with Crippen molar-refractivity contribution in [3.05, 3.63) is 29.3 Å². The number of hydrogen-bond donors (Lipinski definition) is 2. The Morgan fingerprint density at radius 3 is 2.68 bits per heavy atom. The minimum absolute atomic E-state index is 0.0813. The molecule has 106 valence electrons. The van der Waals surface area contributed by atoms with Gasteiger partial charge in [0.2, 0.25) is 0 Å². The summed E-state index contributed by atoms with van der Waals surface area (Å²) in [4.78, 5) is 1.54. The SMILES string of the molecule is CNCc1cc(F)c(N2CCOCC2CO)c(F)c1. The van der Waals surface area contributed by atoms with E-state index in [-0.39, 0.29) is 18.9 Å². The third-order valence-electron chi connectivity index (χ3n) is 3.18. The number of ether oxygens (including phenoxy) is 1. The van der Waals surface area contributed by atoms with Gasteiger partial charge in [-0.2, -0.15) is 0 Å². The van der Waals surface area contributed by atoms with Crippen LogP contribution in [0, 0.1) is 11.6 Å². The van der Waals surface area contributed by atoms with Crippen molar-refractivity contribution in [2.75, 3.05) is 38.3 Å². The molecule has 1 fully saturated rings. The highest BCUT2D eigenvalue weighted by atomic mass is 19.1. The molecule has 19 heavy (non-hydrogen) atoms. The van der Waals surface area contributed by atoms with E-state index in [2.05, 4.69) is 5.32 Å². The fraction of sp³-hybridized carbons (Fsp3) is 0.538. The number of aliphatic hydroxyl groups is 1. The van der Waals surface area contributed by atoms with E-state index in [0.29, 0.717) is 25.3 Å². The molecule has 1 aliphatic rings.